The summed E-state index contributed by atoms with van der Waals surface area (Å²) in [6, 6.07) is 5.66. The van der Waals surface area contributed by atoms with Crippen LogP contribution in [0.2, 0.25) is 10.1 Å². The molecule has 6 N–H and O–H groups in total. The van der Waals surface area contributed by atoms with Crippen LogP contribution in [0.1, 0.15) is 27.7 Å². The molecule has 0 fully saturated rings. The van der Waals surface area contributed by atoms with E-state index in [1.807, 2.05) is 0 Å². The van der Waals surface area contributed by atoms with Crippen LogP contribution in [0.15, 0.2) is 48.8 Å². The largest absolute Gasteiger partial charge is 0.416 e. The van der Waals surface area contributed by atoms with E-state index in [4.69, 9.17) is 50.8 Å². The summed E-state index contributed by atoms with van der Waals surface area (Å²) in [6.07, 6.45) is -1.97. The minimum absolute atomic E-state index is 0.0115. The average Bonchev–Trinajstić information content (AvgIpc) is 3.32. The molecule has 192 valence electrons. The minimum Gasteiger partial charge on any atom is -0.404 e. The van der Waals surface area contributed by atoms with Crippen molar-refractivity contribution in [3.63, 3.8) is 0 Å². The van der Waals surface area contributed by atoms with Crippen molar-refractivity contribution in [1.29, 1.82) is 0 Å². The van der Waals surface area contributed by atoms with Crippen molar-refractivity contribution in [3.05, 3.63) is 70.6 Å². The van der Waals surface area contributed by atoms with Gasteiger partial charge in [-0.1, -0.05) is 28.8 Å². The van der Waals surface area contributed by atoms with E-state index < -0.39 is 46.5 Å². The van der Waals surface area contributed by atoms with Gasteiger partial charge in [-0.3, -0.25) is 4.79 Å². The Kier molecular flexibility index (Phi) is 8.67. The molecule has 0 aliphatic rings. The second-order valence-electron chi connectivity index (χ2n) is 8.77. The number of amides is 1. The summed E-state index contributed by atoms with van der Waals surface area (Å²) in [7, 11) is 27.4. The van der Waals surface area contributed by atoms with Gasteiger partial charge in [0, 0.05) is 28.9 Å². The number of benzene rings is 1. The molecule has 1 aromatic carbocycles. The van der Waals surface area contributed by atoms with Crippen LogP contribution in [-0.2, 0) is 6.18 Å². The average molecular weight is 548 g/mol. The summed E-state index contributed by atoms with van der Waals surface area (Å²) >= 11 is 6.25. The van der Waals surface area contributed by atoms with Gasteiger partial charge in [0.05, 0.1) is 46.8 Å². The molecule has 3 aromatic rings. The van der Waals surface area contributed by atoms with Crippen LogP contribution in [0.4, 0.5) is 19.0 Å². The first-order chi connectivity index (χ1) is 17.9. The van der Waals surface area contributed by atoms with Gasteiger partial charge in [0.25, 0.3) is 5.91 Å². The molecule has 2 heterocycles. The SMILES string of the molecule is [B]C([B])([B])C(O)(Nc1cc(-c2c[nH]c(C(=O)N[C@H](CO)c3ccc(C(F)(F)F)cc3)c2)c(Cl)cn1)C([B])([B])O. The third-order valence-electron chi connectivity index (χ3n) is 5.74. The molecule has 10 radical (unpaired) electrons. The van der Waals surface area contributed by atoms with E-state index in [0.29, 0.717) is 5.56 Å². The van der Waals surface area contributed by atoms with Crippen molar-refractivity contribution in [2.75, 3.05) is 11.9 Å². The predicted molar refractivity (Wildman–Crippen MR) is 143 cm³/mol. The van der Waals surface area contributed by atoms with Crippen LogP contribution in [-0.4, -0.2) is 88.2 Å². The van der Waals surface area contributed by atoms with Gasteiger partial charge in [0.1, 0.15) is 32.9 Å². The number of carbonyl (C=O) groups is 1. The van der Waals surface area contributed by atoms with Gasteiger partial charge < -0.3 is 30.9 Å². The maximum absolute atomic E-state index is 12.8. The number of nitrogens with one attached hydrogen (secondary N) is 3. The van der Waals surface area contributed by atoms with Gasteiger partial charge >= 0.3 is 6.18 Å². The summed E-state index contributed by atoms with van der Waals surface area (Å²) in [5.41, 5.74) is -2.88. The molecule has 0 saturated heterocycles. The van der Waals surface area contributed by atoms with Crippen molar-refractivity contribution < 1.29 is 33.3 Å². The lowest BCUT2D eigenvalue weighted by molar-refractivity contribution is -0.137. The number of H-pyrrole nitrogens is 1. The van der Waals surface area contributed by atoms with Crippen molar-refractivity contribution in [3.8, 4) is 11.1 Å². The van der Waals surface area contributed by atoms with Crippen molar-refractivity contribution in [2.24, 2.45) is 0 Å². The first-order valence-electron chi connectivity index (χ1n) is 11.0. The molecule has 2 aromatic heterocycles. The molecule has 1 unspecified atom stereocenters. The molecule has 3 rings (SSSR count). The highest BCUT2D eigenvalue weighted by molar-refractivity contribution is 6.61. The first-order valence-corrected chi connectivity index (χ1v) is 11.4. The molecule has 0 saturated carbocycles. The standard InChI is InChI=1S/C22H17B5ClF3N4O4/c23-21(24,25)20(38,22(26,27)39)35-17-6-13(14(28)8-33-17)11-5-15(32-7-11)18(37)34-16(9-36)10-1-3-12(4-2-10)19(29,30)31/h1-8,16,32,36,38-39H,9H2,(H,33,35)(H,34,37)/t16-,20?/m1/s1. The van der Waals surface area contributed by atoms with E-state index >= 15 is 0 Å². The van der Waals surface area contributed by atoms with Crippen LogP contribution in [0.3, 0.4) is 0 Å². The highest BCUT2D eigenvalue weighted by Crippen LogP contribution is 2.37. The number of aromatic nitrogens is 2. The van der Waals surface area contributed by atoms with E-state index in [9.17, 15) is 33.3 Å². The van der Waals surface area contributed by atoms with Gasteiger partial charge in [-0.25, -0.2) is 4.98 Å². The number of aromatic amines is 1. The number of pyridine rings is 1. The Labute approximate surface area is 233 Å². The third kappa shape index (κ3) is 6.68. The van der Waals surface area contributed by atoms with Gasteiger partial charge in [0.15, 0.2) is 0 Å². The van der Waals surface area contributed by atoms with Crippen LogP contribution in [0.5, 0.6) is 0 Å². The maximum atomic E-state index is 12.8. The summed E-state index contributed by atoms with van der Waals surface area (Å²) in [4.78, 5) is 19.5. The third-order valence-corrected chi connectivity index (χ3v) is 6.04. The fourth-order valence-corrected chi connectivity index (χ4v) is 3.74. The van der Waals surface area contributed by atoms with E-state index in [1.165, 1.54) is 18.3 Å². The molecule has 0 aliphatic heterocycles. The van der Waals surface area contributed by atoms with Crippen molar-refractivity contribution in [2.45, 2.75) is 28.5 Å². The zero-order valence-electron chi connectivity index (χ0n) is 20.0. The number of halogens is 4. The maximum Gasteiger partial charge on any atom is 0.416 e. The van der Waals surface area contributed by atoms with Crippen molar-refractivity contribution >= 4 is 62.6 Å². The number of alkyl halides is 3. The van der Waals surface area contributed by atoms with E-state index in [-0.39, 0.29) is 27.7 Å². The first kappa shape index (κ1) is 30.7. The molecule has 1 amide bonds. The van der Waals surface area contributed by atoms with Gasteiger partial charge in [-0.05, 0) is 29.8 Å². The molecular formula is C22H17B5ClF3N4O4. The Morgan fingerprint density at radius 1 is 1.08 bits per heavy atom. The quantitative estimate of drug-likeness (QED) is 0.174. The Bertz CT molecular complexity index is 1320. The van der Waals surface area contributed by atoms with E-state index in [2.05, 4.69) is 20.6 Å². The van der Waals surface area contributed by atoms with Gasteiger partial charge in [-0.15, -0.1) is 0 Å². The monoisotopic (exact) mass is 548 g/mol. The Balaban J connectivity index is 1.83. The fraction of sp³-hybridized carbons (Fsp3) is 0.273. The van der Waals surface area contributed by atoms with Gasteiger partial charge in [0.2, 0.25) is 0 Å². The lowest BCUT2D eigenvalue weighted by atomic mass is 9.32. The smallest absolute Gasteiger partial charge is 0.404 e. The summed E-state index contributed by atoms with van der Waals surface area (Å²) < 4.78 is 38.5. The number of aliphatic hydroxyl groups excluding tert-OH is 1. The highest BCUT2D eigenvalue weighted by atomic mass is 35.5. The van der Waals surface area contributed by atoms with Crippen LogP contribution < -0.4 is 10.6 Å². The predicted octanol–water partition coefficient (Wildman–Crippen LogP) is 0.875. The second-order valence-corrected chi connectivity index (χ2v) is 9.18. The molecule has 2 atom stereocenters. The highest BCUT2D eigenvalue weighted by Gasteiger charge is 2.49. The molecule has 0 bridgehead atoms. The Morgan fingerprint density at radius 2 is 1.69 bits per heavy atom. The number of anilines is 1. The molecule has 8 nitrogen and oxygen atoms in total. The number of hydrogen-bond donors (Lipinski definition) is 6. The molecule has 17 heteroatoms. The van der Waals surface area contributed by atoms with Crippen LogP contribution >= 0.6 is 11.6 Å². The minimum atomic E-state index is -4.53. The summed E-state index contributed by atoms with van der Waals surface area (Å²) in [5, 5.41) is 29.8. The number of rotatable bonds is 9. The van der Waals surface area contributed by atoms with E-state index in [1.54, 1.807) is 0 Å². The molecule has 0 spiro atoms. The Morgan fingerprint density at radius 3 is 2.21 bits per heavy atom. The molecular weight excluding hydrogens is 531 g/mol. The van der Waals surface area contributed by atoms with Crippen LogP contribution in [0.25, 0.3) is 11.1 Å². The zero-order valence-corrected chi connectivity index (χ0v) is 20.8. The topological polar surface area (TPSA) is 130 Å². The van der Waals surface area contributed by atoms with E-state index in [0.717, 1.165) is 30.5 Å². The number of hydrogen-bond acceptors (Lipinski definition) is 6. The van der Waals surface area contributed by atoms with Gasteiger partial charge in [-0.2, -0.15) is 13.2 Å². The fourth-order valence-electron chi connectivity index (χ4n) is 3.52. The van der Waals surface area contributed by atoms with Crippen LogP contribution in [0, 0.1) is 0 Å². The zero-order chi connectivity index (χ0) is 29.4. The normalized spacial score (nSPS) is 14.8. The number of nitrogens with zero attached hydrogens (tertiary/aromatic N) is 1. The van der Waals surface area contributed by atoms with Crippen molar-refractivity contribution in [1.82, 2.24) is 15.3 Å². The summed E-state index contributed by atoms with van der Waals surface area (Å²) in [6.45, 7) is -0.585. The number of carbonyl (C=O) groups excluding carboxylic acids is 1. The number of aliphatic hydroxyl groups is 3. The lowest BCUT2D eigenvalue weighted by Crippen LogP contribution is -2.67. The lowest BCUT2D eigenvalue weighted by Gasteiger charge is -2.51. The second kappa shape index (κ2) is 11.0. The Hall–Kier alpha value is -2.80. The molecule has 39 heavy (non-hydrogen) atoms. The summed E-state index contributed by atoms with van der Waals surface area (Å²) in [5.74, 6) is -0.861. The molecule has 0 aliphatic carbocycles.